The molecule has 3 aromatic carbocycles. The van der Waals surface area contributed by atoms with Crippen LogP contribution in [0.1, 0.15) is 27.0 Å². The van der Waals surface area contributed by atoms with Gasteiger partial charge in [0.1, 0.15) is 0 Å². The summed E-state index contributed by atoms with van der Waals surface area (Å²) in [7, 11) is 0. The second-order valence-corrected chi connectivity index (χ2v) is 10.1. The fraction of sp³-hybridized carbons (Fsp3) is 0.200. The number of amides is 2. The number of thioether (sulfide) groups is 1. The van der Waals surface area contributed by atoms with Crippen LogP contribution in [0.4, 0.5) is 5.69 Å². The number of fused-ring (bicyclic) bond motifs is 2. The van der Waals surface area contributed by atoms with E-state index in [4.69, 9.17) is 23.2 Å². The summed E-state index contributed by atoms with van der Waals surface area (Å²) in [5.74, 6) is 0.396. The molecule has 32 heavy (non-hydrogen) atoms. The van der Waals surface area contributed by atoms with Crippen LogP contribution in [0.3, 0.4) is 0 Å². The van der Waals surface area contributed by atoms with Gasteiger partial charge in [-0.05, 0) is 48.9 Å². The van der Waals surface area contributed by atoms with Crippen molar-refractivity contribution in [2.45, 2.75) is 18.3 Å². The Hall–Kier alpha value is -2.47. The monoisotopic (exact) mass is 482 g/mol. The number of nitrogens with zero attached hydrogens (tertiary/aromatic N) is 2. The Bertz CT molecular complexity index is 1230. The second-order valence-electron chi connectivity index (χ2n) is 7.96. The normalized spacial score (nSPS) is 19.7. The molecule has 1 fully saturated rings. The van der Waals surface area contributed by atoms with Gasteiger partial charge in [0.25, 0.3) is 11.8 Å². The SMILES string of the molecule is Cc1ccc2c(c1)[C@]1(SCCN1C(=O)c1ccc(Cl)cc1)C(=O)N2Cc1ccccc1Cl. The predicted molar refractivity (Wildman–Crippen MR) is 130 cm³/mol. The number of hydrogen-bond donors (Lipinski definition) is 0. The molecule has 0 unspecified atom stereocenters. The first-order valence-corrected chi connectivity index (χ1v) is 12.0. The zero-order valence-electron chi connectivity index (χ0n) is 17.3. The first-order valence-electron chi connectivity index (χ1n) is 10.3. The Morgan fingerprint density at radius 2 is 1.81 bits per heavy atom. The number of rotatable bonds is 3. The van der Waals surface area contributed by atoms with E-state index in [2.05, 4.69) is 0 Å². The molecule has 162 valence electrons. The summed E-state index contributed by atoms with van der Waals surface area (Å²) in [6.07, 6.45) is 0. The maximum Gasteiger partial charge on any atom is 0.268 e. The Balaban J connectivity index is 1.60. The second kappa shape index (κ2) is 8.14. The molecule has 2 aliphatic heterocycles. The lowest BCUT2D eigenvalue weighted by Crippen LogP contribution is -2.50. The summed E-state index contributed by atoms with van der Waals surface area (Å²) in [4.78, 5) is 30.0. The summed E-state index contributed by atoms with van der Waals surface area (Å²) in [5, 5.41) is 1.18. The van der Waals surface area contributed by atoms with E-state index in [1.807, 2.05) is 49.4 Å². The van der Waals surface area contributed by atoms with Gasteiger partial charge in [-0.15, -0.1) is 11.8 Å². The van der Waals surface area contributed by atoms with Gasteiger partial charge in [-0.3, -0.25) is 9.59 Å². The number of carbonyl (C=O) groups is 2. The Morgan fingerprint density at radius 3 is 2.56 bits per heavy atom. The van der Waals surface area contributed by atoms with Crippen LogP contribution in [0.25, 0.3) is 0 Å². The van der Waals surface area contributed by atoms with Gasteiger partial charge >= 0.3 is 0 Å². The fourth-order valence-corrected chi connectivity index (χ4v) is 6.20. The van der Waals surface area contributed by atoms with Gasteiger partial charge in [0.15, 0.2) is 4.87 Å². The average Bonchev–Trinajstić information content (AvgIpc) is 3.32. The maximum absolute atomic E-state index is 14.1. The Kier molecular flexibility index (Phi) is 5.44. The van der Waals surface area contributed by atoms with Gasteiger partial charge in [0.2, 0.25) is 0 Å². The summed E-state index contributed by atoms with van der Waals surface area (Å²) in [6.45, 7) is 2.84. The van der Waals surface area contributed by atoms with Gasteiger partial charge in [-0.25, -0.2) is 0 Å². The highest BCUT2D eigenvalue weighted by Crippen LogP contribution is 2.55. The van der Waals surface area contributed by atoms with Crippen molar-refractivity contribution in [3.8, 4) is 0 Å². The molecule has 5 rings (SSSR count). The van der Waals surface area contributed by atoms with Gasteiger partial charge in [0.05, 0.1) is 12.2 Å². The van der Waals surface area contributed by atoms with E-state index in [0.717, 1.165) is 22.4 Å². The topological polar surface area (TPSA) is 40.6 Å². The van der Waals surface area contributed by atoms with Gasteiger partial charge < -0.3 is 9.80 Å². The third-order valence-corrected chi connectivity index (χ3v) is 8.01. The first kappa shape index (κ1) is 21.4. The van der Waals surface area contributed by atoms with Crippen molar-refractivity contribution in [2.75, 3.05) is 17.2 Å². The lowest BCUT2D eigenvalue weighted by Gasteiger charge is -2.33. The molecular formula is C25H20Cl2N2O2S. The molecule has 2 aliphatic rings. The highest BCUT2D eigenvalue weighted by atomic mass is 35.5. The molecule has 0 radical (unpaired) electrons. The van der Waals surface area contributed by atoms with E-state index < -0.39 is 4.87 Å². The molecule has 3 aromatic rings. The van der Waals surface area contributed by atoms with Crippen LogP contribution in [0, 0.1) is 6.92 Å². The smallest absolute Gasteiger partial charge is 0.268 e. The van der Waals surface area contributed by atoms with Crippen molar-refractivity contribution in [3.05, 3.63) is 99.0 Å². The van der Waals surface area contributed by atoms with Crippen LogP contribution in [0.15, 0.2) is 66.7 Å². The third kappa shape index (κ3) is 3.31. The van der Waals surface area contributed by atoms with E-state index in [0.29, 0.717) is 34.5 Å². The molecule has 2 amide bonds. The van der Waals surface area contributed by atoms with E-state index in [-0.39, 0.29) is 11.8 Å². The largest absolute Gasteiger partial charge is 0.311 e. The molecule has 0 saturated carbocycles. The number of anilines is 1. The molecule has 0 aliphatic carbocycles. The number of hydrogen-bond acceptors (Lipinski definition) is 3. The molecule has 7 heteroatoms. The van der Waals surface area contributed by atoms with Crippen molar-refractivity contribution >= 4 is 52.5 Å². The molecule has 0 bridgehead atoms. The lowest BCUT2D eigenvalue weighted by molar-refractivity contribution is -0.123. The Labute approximate surface area is 201 Å². The predicted octanol–water partition coefficient (Wildman–Crippen LogP) is 5.89. The van der Waals surface area contributed by atoms with Gasteiger partial charge in [0, 0.05) is 33.5 Å². The number of aryl methyl sites for hydroxylation is 1. The van der Waals surface area contributed by atoms with Crippen LogP contribution in [-0.2, 0) is 16.2 Å². The number of carbonyl (C=O) groups excluding carboxylic acids is 2. The molecule has 1 atom stereocenters. The van der Waals surface area contributed by atoms with E-state index in [9.17, 15) is 9.59 Å². The van der Waals surface area contributed by atoms with Crippen molar-refractivity contribution < 1.29 is 9.59 Å². The van der Waals surface area contributed by atoms with E-state index in [1.54, 1.807) is 34.1 Å². The van der Waals surface area contributed by atoms with Crippen molar-refractivity contribution in [3.63, 3.8) is 0 Å². The van der Waals surface area contributed by atoms with E-state index in [1.165, 1.54) is 11.8 Å². The number of halogens is 2. The minimum absolute atomic E-state index is 0.108. The highest BCUT2D eigenvalue weighted by molar-refractivity contribution is 8.01. The van der Waals surface area contributed by atoms with Crippen LogP contribution < -0.4 is 4.90 Å². The molecule has 4 nitrogen and oxygen atoms in total. The fourth-order valence-electron chi connectivity index (χ4n) is 4.43. The van der Waals surface area contributed by atoms with Gasteiger partial charge in [-0.1, -0.05) is 59.1 Å². The summed E-state index contributed by atoms with van der Waals surface area (Å²) in [6, 6.07) is 20.3. The molecule has 0 aromatic heterocycles. The van der Waals surface area contributed by atoms with Gasteiger partial charge in [-0.2, -0.15) is 0 Å². The van der Waals surface area contributed by atoms with Crippen LogP contribution in [0.5, 0.6) is 0 Å². The minimum Gasteiger partial charge on any atom is -0.311 e. The average molecular weight is 483 g/mol. The molecule has 0 N–H and O–H groups in total. The quantitative estimate of drug-likeness (QED) is 0.467. The zero-order chi connectivity index (χ0) is 22.5. The summed E-state index contributed by atoms with van der Waals surface area (Å²) >= 11 is 13.9. The summed E-state index contributed by atoms with van der Waals surface area (Å²) in [5.41, 5.74) is 4.11. The number of benzene rings is 3. The summed E-state index contributed by atoms with van der Waals surface area (Å²) < 4.78 is 0. The molecule has 2 heterocycles. The maximum atomic E-state index is 14.1. The van der Waals surface area contributed by atoms with Crippen molar-refractivity contribution in [1.82, 2.24) is 4.90 Å². The van der Waals surface area contributed by atoms with Crippen molar-refractivity contribution in [1.29, 1.82) is 0 Å². The molecular weight excluding hydrogens is 463 g/mol. The minimum atomic E-state index is -1.08. The zero-order valence-corrected chi connectivity index (χ0v) is 19.7. The lowest BCUT2D eigenvalue weighted by atomic mass is 10.0. The Morgan fingerprint density at radius 1 is 1.06 bits per heavy atom. The van der Waals surface area contributed by atoms with Crippen LogP contribution in [0.2, 0.25) is 10.0 Å². The van der Waals surface area contributed by atoms with Crippen molar-refractivity contribution in [2.24, 2.45) is 0 Å². The molecule has 1 spiro atoms. The molecule has 1 saturated heterocycles. The van der Waals surface area contributed by atoms with E-state index >= 15 is 0 Å². The third-order valence-electron chi connectivity index (χ3n) is 5.97. The highest BCUT2D eigenvalue weighted by Gasteiger charge is 2.59. The standard InChI is InChI=1S/C25H20Cl2N2O2S/c1-16-6-11-22-20(14-16)25(24(31)28(22)15-18-4-2-3-5-21(18)27)29(12-13-32-25)23(30)17-7-9-19(26)10-8-17/h2-11,14H,12-13,15H2,1H3/t25-/m0/s1. The first-order chi connectivity index (χ1) is 15.4. The van der Waals surface area contributed by atoms with Crippen LogP contribution >= 0.6 is 35.0 Å². The van der Waals surface area contributed by atoms with Crippen LogP contribution in [-0.4, -0.2) is 29.0 Å².